The molecule has 0 bridgehead atoms. The molecule has 0 saturated heterocycles. The summed E-state index contributed by atoms with van der Waals surface area (Å²) < 4.78 is 21.6. The largest absolute Gasteiger partial charge is 0.379 e. The standard InChI is InChI=1S/C27H46N6O10/c1-19(2)24(26(38)31-20(25(37)29-3)5-4-9-30-27(28)39)32-21(34)8-11-40-13-15-42-17-18-43-16-14-41-12-10-33-22(35)6-7-23(33)36/h6-7,19-20,24H,4-5,8-18H2,1-3H3,(H,29,37)(H,31,38)(H,32,34)(H3,28,30,39)/t20-,24-/m0/s1. The van der Waals surface area contributed by atoms with Crippen molar-refractivity contribution in [2.45, 2.75) is 45.2 Å². The van der Waals surface area contributed by atoms with Crippen LogP contribution in [0.2, 0.25) is 0 Å². The summed E-state index contributed by atoms with van der Waals surface area (Å²) in [6.07, 6.45) is 3.17. The van der Waals surface area contributed by atoms with Gasteiger partial charge in [0.25, 0.3) is 11.8 Å². The molecule has 7 amide bonds. The molecule has 0 saturated carbocycles. The number of primary amides is 1. The van der Waals surface area contributed by atoms with E-state index in [0.717, 1.165) is 4.90 Å². The fraction of sp³-hybridized carbons (Fsp3) is 0.704. The van der Waals surface area contributed by atoms with Crippen molar-refractivity contribution in [3.05, 3.63) is 12.2 Å². The maximum Gasteiger partial charge on any atom is 0.312 e. The third-order valence-corrected chi connectivity index (χ3v) is 6.06. The van der Waals surface area contributed by atoms with E-state index in [4.69, 9.17) is 24.7 Å². The summed E-state index contributed by atoms with van der Waals surface area (Å²) in [4.78, 5) is 72.2. The third-order valence-electron chi connectivity index (χ3n) is 6.06. The number of carbonyl (C=O) groups is 6. The minimum absolute atomic E-state index is 0.0356. The van der Waals surface area contributed by atoms with Gasteiger partial charge in [-0.2, -0.15) is 0 Å². The molecule has 16 heteroatoms. The Kier molecular flexibility index (Phi) is 19.2. The zero-order valence-electron chi connectivity index (χ0n) is 25.2. The summed E-state index contributed by atoms with van der Waals surface area (Å²) in [6.45, 7) is 6.30. The zero-order valence-corrected chi connectivity index (χ0v) is 25.2. The highest BCUT2D eigenvalue weighted by atomic mass is 16.6. The van der Waals surface area contributed by atoms with E-state index in [1.54, 1.807) is 13.8 Å². The number of ether oxygens (including phenoxy) is 4. The zero-order chi connectivity index (χ0) is 32.0. The summed E-state index contributed by atoms with van der Waals surface area (Å²) in [6, 6.07) is -2.36. The second-order valence-electron chi connectivity index (χ2n) is 9.76. The van der Waals surface area contributed by atoms with Gasteiger partial charge >= 0.3 is 6.03 Å². The average Bonchev–Trinajstić information content (AvgIpc) is 3.28. The second kappa shape index (κ2) is 22.0. The molecular formula is C27H46N6O10. The molecule has 2 atom stereocenters. The van der Waals surface area contributed by atoms with Crippen LogP contribution in [-0.4, -0.2) is 126 Å². The molecule has 1 heterocycles. The Morgan fingerprint density at radius 1 is 0.814 bits per heavy atom. The number of nitrogens with zero attached hydrogens (tertiary/aromatic N) is 1. The molecule has 0 aliphatic carbocycles. The third kappa shape index (κ3) is 16.6. The van der Waals surface area contributed by atoms with Crippen LogP contribution in [0.15, 0.2) is 12.2 Å². The Morgan fingerprint density at radius 3 is 1.86 bits per heavy atom. The second-order valence-corrected chi connectivity index (χ2v) is 9.76. The Hall–Kier alpha value is -3.60. The maximum atomic E-state index is 12.9. The van der Waals surface area contributed by atoms with Gasteiger partial charge in [-0.15, -0.1) is 0 Å². The number of hydrogen-bond acceptors (Lipinski definition) is 10. The van der Waals surface area contributed by atoms with Gasteiger partial charge in [0.1, 0.15) is 12.1 Å². The van der Waals surface area contributed by atoms with Crippen LogP contribution in [-0.2, 0) is 42.9 Å². The fourth-order valence-electron chi connectivity index (χ4n) is 3.74. The van der Waals surface area contributed by atoms with Crippen molar-refractivity contribution in [1.29, 1.82) is 0 Å². The molecule has 1 aliphatic rings. The van der Waals surface area contributed by atoms with E-state index in [0.29, 0.717) is 39.5 Å². The van der Waals surface area contributed by atoms with E-state index < -0.39 is 29.9 Å². The van der Waals surface area contributed by atoms with Gasteiger partial charge in [-0.05, 0) is 18.8 Å². The normalized spacial score (nSPS) is 14.1. The van der Waals surface area contributed by atoms with Crippen molar-refractivity contribution in [3.63, 3.8) is 0 Å². The molecule has 1 aliphatic heterocycles. The molecule has 0 aromatic heterocycles. The minimum Gasteiger partial charge on any atom is -0.379 e. The summed E-state index contributed by atoms with van der Waals surface area (Å²) >= 11 is 0. The number of likely N-dealkylation sites (N-methyl/N-ethyl adjacent to an activating group) is 1. The lowest BCUT2D eigenvalue weighted by Crippen LogP contribution is -2.55. The Labute approximate surface area is 251 Å². The maximum absolute atomic E-state index is 12.9. The van der Waals surface area contributed by atoms with E-state index in [1.807, 2.05) is 0 Å². The highest BCUT2D eigenvalue weighted by Crippen LogP contribution is 2.06. The summed E-state index contributed by atoms with van der Waals surface area (Å²) in [7, 11) is 1.45. The highest BCUT2D eigenvalue weighted by molar-refractivity contribution is 6.12. The van der Waals surface area contributed by atoms with Gasteiger partial charge in [-0.25, -0.2) is 4.79 Å². The van der Waals surface area contributed by atoms with Crippen LogP contribution in [0, 0.1) is 5.92 Å². The number of amides is 7. The van der Waals surface area contributed by atoms with E-state index in [-0.39, 0.29) is 69.4 Å². The Balaban J connectivity index is 2.13. The SMILES string of the molecule is CNC(=O)[C@H](CCCNC(N)=O)NC(=O)[C@@H](NC(=O)CCOCCOCCOCCOCCN1C(=O)C=CC1=O)C(C)C. The van der Waals surface area contributed by atoms with Gasteiger partial charge in [0, 0.05) is 32.2 Å². The predicted octanol–water partition coefficient (Wildman–Crippen LogP) is -1.81. The minimum atomic E-state index is -0.854. The first-order valence-electron chi connectivity index (χ1n) is 14.3. The number of imide groups is 1. The molecule has 0 fully saturated rings. The first-order chi connectivity index (χ1) is 20.6. The lowest BCUT2D eigenvalue weighted by Gasteiger charge is -2.25. The van der Waals surface area contributed by atoms with Crippen LogP contribution in [0.25, 0.3) is 0 Å². The number of rotatable bonds is 24. The number of hydrogen-bond donors (Lipinski definition) is 5. The van der Waals surface area contributed by atoms with Crippen molar-refractivity contribution >= 4 is 35.6 Å². The molecule has 1 rings (SSSR count). The Morgan fingerprint density at radius 2 is 1.35 bits per heavy atom. The van der Waals surface area contributed by atoms with Crippen LogP contribution in [0.1, 0.15) is 33.1 Å². The van der Waals surface area contributed by atoms with Crippen molar-refractivity contribution in [3.8, 4) is 0 Å². The smallest absolute Gasteiger partial charge is 0.312 e. The van der Waals surface area contributed by atoms with Crippen molar-refractivity contribution in [1.82, 2.24) is 26.2 Å². The molecular weight excluding hydrogens is 568 g/mol. The molecule has 244 valence electrons. The molecule has 0 spiro atoms. The molecule has 0 aromatic carbocycles. The van der Waals surface area contributed by atoms with Crippen LogP contribution in [0.5, 0.6) is 0 Å². The van der Waals surface area contributed by atoms with E-state index in [1.165, 1.54) is 19.2 Å². The molecule has 0 radical (unpaired) electrons. The fourth-order valence-corrected chi connectivity index (χ4v) is 3.74. The van der Waals surface area contributed by atoms with Crippen molar-refractivity contribution in [2.75, 3.05) is 73.0 Å². The number of carbonyl (C=O) groups excluding carboxylic acids is 6. The molecule has 6 N–H and O–H groups in total. The summed E-state index contributed by atoms with van der Waals surface area (Å²) in [5, 5.41) is 10.3. The average molecular weight is 615 g/mol. The molecule has 0 unspecified atom stereocenters. The first kappa shape index (κ1) is 37.4. The number of urea groups is 1. The van der Waals surface area contributed by atoms with Gasteiger partial charge < -0.3 is 45.9 Å². The summed E-state index contributed by atoms with van der Waals surface area (Å²) in [5.41, 5.74) is 5.03. The molecule has 43 heavy (non-hydrogen) atoms. The van der Waals surface area contributed by atoms with E-state index in [9.17, 15) is 28.8 Å². The number of nitrogens with one attached hydrogen (secondary N) is 4. The molecule has 0 aromatic rings. The highest BCUT2D eigenvalue weighted by Gasteiger charge is 2.28. The van der Waals surface area contributed by atoms with Gasteiger partial charge in [-0.1, -0.05) is 13.8 Å². The van der Waals surface area contributed by atoms with E-state index >= 15 is 0 Å². The van der Waals surface area contributed by atoms with Crippen molar-refractivity contribution in [2.24, 2.45) is 11.7 Å². The van der Waals surface area contributed by atoms with Gasteiger partial charge in [0.15, 0.2) is 0 Å². The monoisotopic (exact) mass is 614 g/mol. The Bertz CT molecular complexity index is 927. The molecule has 16 nitrogen and oxygen atoms in total. The number of nitrogens with two attached hydrogens (primary N) is 1. The lowest BCUT2D eigenvalue weighted by atomic mass is 10.0. The first-order valence-corrected chi connectivity index (χ1v) is 14.3. The van der Waals surface area contributed by atoms with Crippen LogP contribution in [0.4, 0.5) is 4.79 Å². The predicted molar refractivity (Wildman–Crippen MR) is 153 cm³/mol. The van der Waals surface area contributed by atoms with Gasteiger partial charge in [0.2, 0.25) is 17.7 Å². The van der Waals surface area contributed by atoms with Gasteiger partial charge in [-0.3, -0.25) is 28.9 Å². The summed E-state index contributed by atoms with van der Waals surface area (Å²) in [5.74, 6) is -2.17. The van der Waals surface area contributed by atoms with Crippen molar-refractivity contribution < 1.29 is 47.7 Å². The van der Waals surface area contributed by atoms with E-state index in [2.05, 4.69) is 21.3 Å². The lowest BCUT2D eigenvalue weighted by molar-refractivity contribution is -0.137. The van der Waals surface area contributed by atoms with Gasteiger partial charge in [0.05, 0.1) is 59.4 Å². The van der Waals surface area contributed by atoms with Crippen LogP contribution < -0.4 is 27.0 Å². The topological polar surface area (TPSA) is 217 Å². The quantitative estimate of drug-likeness (QED) is 0.0606. The van der Waals surface area contributed by atoms with Crippen LogP contribution in [0.3, 0.4) is 0 Å². The van der Waals surface area contributed by atoms with Crippen LogP contribution >= 0.6 is 0 Å².